The number of carbonyl (C=O) groups excluding carboxylic acids is 1. The van der Waals surface area contributed by atoms with Crippen LogP contribution >= 0.6 is 0 Å². The molecular weight excluding hydrogens is 358 g/mol. The molecule has 1 saturated heterocycles. The van der Waals surface area contributed by atoms with E-state index in [1.807, 2.05) is 0 Å². The van der Waals surface area contributed by atoms with Crippen molar-refractivity contribution in [2.45, 2.75) is 17.7 Å². The molecule has 1 amide bonds. The van der Waals surface area contributed by atoms with Crippen LogP contribution < -0.4 is 15.4 Å². The van der Waals surface area contributed by atoms with E-state index in [9.17, 15) is 13.2 Å². The summed E-state index contributed by atoms with van der Waals surface area (Å²) in [6.45, 7) is 3.33. The molecule has 0 spiro atoms. The predicted octanol–water partition coefficient (Wildman–Crippen LogP) is 0.446. The summed E-state index contributed by atoms with van der Waals surface area (Å²) in [7, 11) is -0.625. The third-order valence-corrected chi connectivity index (χ3v) is 6.10. The molecule has 0 unspecified atom stereocenters. The molecule has 146 valence electrons. The zero-order valence-electron chi connectivity index (χ0n) is 15.3. The van der Waals surface area contributed by atoms with Gasteiger partial charge in [-0.05, 0) is 31.0 Å². The molecule has 0 aromatic heterocycles. The van der Waals surface area contributed by atoms with E-state index in [4.69, 9.17) is 9.47 Å². The molecule has 1 heterocycles. The van der Waals surface area contributed by atoms with Gasteiger partial charge in [0.2, 0.25) is 10.0 Å². The molecule has 0 radical (unpaired) electrons. The molecule has 1 aromatic carbocycles. The highest BCUT2D eigenvalue weighted by molar-refractivity contribution is 7.89. The van der Waals surface area contributed by atoms with Crippen LogP contribution in [0.25, 0.3) is 0 Å². The highest BCUT2D eigenvalue weighted by Gasteiger charge is 2.30. The SMILES string of the molecule is COCCNCCNC(=O)c1ccc(OC)c(S(=O)(=O)N2CCCC2)c1. The average molecular weight is 385 g/mol. The van der Waals surface area contributed by atoms with E-state index in [0.717, 1.165) is 12.8 Å². The fraction of sp³-hybridized carbons (Fsp3) is 0.588. The van der Waals surface area contributed by atoms with Gasteiger partial charge in [0.05, 0.1) is 13.7 Å². The number of nitrogens with one attached hydrogen (secondary N) is 2. The number of sulfonamides is 1. The lowest BCUT2D eigenvalue weighted by Gasteiger charge is -2.18. The second-order valence-electron chi connectivity index (χ2n) is 5.98. The molecule has 2 rings (SSSR count). The van der Waals surface area contributed by atoms with Crippen LogP contribution in [0.4, 0.5) is 0 Å². The molecular formula is C17H27N3O5S. The van der Waals surface area contributed by atoms with Crippen molar-refractivity contribution in [3.63, 3.8) is 0 Å². The van der Waals surface area contributed by atoms with Crippen molar-refractivity contribution in [2.24, 2.45) is 0 Å². The number of nitrogens with zero attached hydrogens (tertiary/aromatic N) is 1. The highest BCUT2D eigenvalue weighted by Crippen LogP contribution is 2.29. The van der Waals surface area contributed by atoms with Gasteiger partial charge < -0.3 is 20.1 Å². The Morgan fingerprint density at radius 3 is 2.54 bits per heavy atom. The monoisotopic (exact) mass is 385 g/mol. The molecule has 8 nitrogen and oxygen atoms in total. The van der Waals surface area contributed by atoms with E-state index >= 15 is 0 Å². The number of amides is 1. The van der Waals surface area contributed by atoms with Crippen molar-refractivity contribution >= 4 is 15.9 Å². The Labute approximate surface area is 154 Å². The van der Waals surface area contributed by atoms with E-state index < -0.39 is 10.0 Å². The molecule has 1 aromatic rings. The smallest absolute Gasteiger partial charge is 0.251 e. The Balaban J connectivity index is 2.07. The van der Waals surface area contributed by atoms with Crippen LogP contribution in [0.2, 0.25) is 0 Å². The number of hydrogen-bond donors (Lipinski definition) is 2. The van der Waals surface area contributed by atoms with Crippen molar-refractivity contribution in [1.82, 2.24) is 14.9 Å². The summed E-state index contributed by atoms with van der Waals surface area (Å²) in [5, 5.41) is 5.89. The second-order valence-corrected chi connectivity index (χ2v) is 7.88. The molecule has 0 aliphatic carbocycles. The quantitative estimate of drug-likeness (QED) is 0.568. The Kier molecular flexibility index (Phi) is 7.83. The number of hydrogen-bond acceptors (Lipinski definition) is 6. The number of rotatable bonds is 10. The average Bonchev–Trinajstić information content (AvgIpc) is 3.19. The van der Waals surface area contributed by atoms with Crippen molar-refractivity contribution in [2.75, 3.05) is 53.6 Å². The maximum Gasteiger partial charge on any atom is 0.251 e. The van der Waals surface area contributed by atoms with Crippen molar-refractivity contribution in [3.05, 3.63) is 23.8 Å². The van der Waals surface area contributed by atoms with Crippen LogP contribution in [0.15, 0.2) is 23.1 Å². The van der Waals surface area contributed by atoms with Crippen molar-refractivity contribution in [1.29, 1.82) is 0 Å². The second kappa shape index (κ2) is 9.86. The first kappa shape index (κ1) is 20.6. The van der Waals surface area contributed by atoms with Crippen LogP contribution in [0, 0.1) is 0 Å². The molecule has 1 aliphatic rings. The summed E-state index contributed by atoms with van der Waals surface area (Å²) < 4.78 is 37.2. The van der Waals surface area contributed by atoms with Crippen LogP contribution in [0.1, 0.15) is 23.2 Å². The van der Waals surface area contributed by atoms with Crippen molar-refractivity contribution in [3.8, 4) is 5.75 Å². The highest BCUT2D eigenvalue weighted by atomic mass is 32.2. The minimum atomic E-state index is -3.67. The number of methoxy groups -OCH3 is 2. The van der Waals surface area contributed by atoms with Gasteiger partial charge in [0, 0.05) is 45.4 Å². The molecule has 0 bridgehead atoms. The Morgan fingerprint density at radius 2 is 1.88 bits per heavy atom. The topological polar surface area (TPSA) is 97.0 Å². The molecule has 1 fully saturated rings. The summed E-state index contributed by atoms with van der Waals surface area (Å²) >= 11 is 0. The first-order chi connectivity index (χ1) is 12.5. The van der Waals surface area contributed by atoms with Gasteiger partial charge in [-0.2, -0.15) is 4.31 Å². The summed E-state index contributed by atoms with van der Waals surface area (Å²) in [6.07, 6.45) is 1.69. The lowest BCUT2D eigenvalue weighted by molar-refractivity contribution is 0.0953. The molecule has 1 aliphatic heterocycles. The summed E-state index contributed by atoms with van der Waals surface area (Å²) in [4.78, 5) is 12.4. The summed E-state index contributed by atoms with van der Waals surface area (Å²) in [5.41, 5.74) is 0.292. The van der Waals surface area contributed by atoms with E-state index in [1.165, 1.54) is 23.5 Å². The fourth-order valence-electron chi connectivity index (χ4n) is 2.75. The van der Waals surface area contributed by atoms with E-state index in [-0.39, 0.29) is 16.6 Å². The number of ether oxygens (including phenoxy) is 2. The van der Waals surface area contributed by atoms with Crippen LogP contribution in [-0.4, -0.2) is 72.2 Å². The van der Waals surface area contributed by atoms with Gasteiger partial charge in [0.25, 0.3) is 5.91 Å². The maximum atomic E-state index is 12.8. The third kappa shape index (κ3) is 5.16. The Hall–Kier alpha value is -1.68. The summed E-state index contributed by atoms with van der Waals surface area (Å²) in [5.74, 6) is -0.0752. The molecule has 26 heavy (non-hydrogen) atoms. The van der Waals surface area contributed by atoms with Gasteiger partial charge in [-0.1, -0.05) is 0 Å². The van der Waals surface area contributed by atoms with E-state index in [0.29, 0.717) is 44.9 Å². The normalized spacial score (nSPS) is 15.2. The van der Waals surface area contributed by atoms with Crippen LogP contribution in [0.3, 0.4) is 0 Å². The van der Waals surface area contributed by atoms with Gasteiger partial charge in [-0.3, -0.25) is 4.79 Å². The largest absolute Gasteiger partial charge is 0.495 e. The summed E-state index contributed by atoms with van der Waals surface area (Å²) in [6, 6.07) is 4.48. The van der Waals surface area contributed by atoms with Crippen molar-refractivity contribution < 1.29 is 22.7 Å². The van der Waals surface area contributed by atoms with Crippen LogP contribution in [-0.2, 0) is 14.8 Å². The standard InChI is InChI=1S/C17H27N3O5S/c1-24-12-9-18-7-8-19-17(21)14-5-6-15(25-2)16(13-14)26(22,23)20-10-3-4-11-20/h5-6,13,18H,3-4,7-12H2,1-2H3,(H,19,21). The maximum absolute atomic E-state index is 12.8. The van der Waals surface area contributed by atoms with Gasteiger partial charge in [0.15, 0.2) is 0 Å². The number of carbonyl (C=O) groups is 1. The lowest BCUT2D eigenvalue weighted by Crippen LogP contribution is -2.33. The third-order valence-electron chi connectivity index (χ3n) is 4.18. The minimum Gasteiger partial charge on any atom is -0.495 e. The zero-order chi connectivity index (χ0) is 19.0. The molecule has 9 heteroatoms. The fourth-order valence-corrected chi connectivity index (χ4v) is 4.45. The van der Waals surface area contributed by atoms with Gasteiger partial charge in [0.1, 0.15) is 10.6 Å². The van der Waals surface area contributed by atoms with E-state index in [2.05, 4.69) is 10.6 Å². The minimum absolute atomic E-state index is 0.0350. The first-order valence-corrected chi connectivity index (χ1v) is 10.1. The Bertz CT molecular complexity index is 702. The van der Waals surface area contributed by atoms with Gasteiger partial charge >= 0.3 is 0 Å². The zero-order valence-corrected chi connectivity index (χ0v) is 16.1. The predicted molar refractivity (Wildman–Crippen MR) is 98.1 cm³/mol. The van der Waals surface area contributed by atoms with Crippen LogP contribution in [0.5, 0.6) is 5.75 Å². The molecule has 0 atom stereocenters. The molecule has 0 saturated carbocycles. The Morgan fingerprint density at radius 1 is 1.15 bits per heavy atom. The molecule has 2 N–H and O–H groups in total. The number of benzene rings is 1. The van der Waals surface area contributed by atoms with Gasteiger partial charge in [-0.15, -0.1) is 0 Å². The van der Waals surface area contributed by atoms with Gasteiger partial charge in [-0.25, -0.2) is 8.42 Å². The first-order valence-electron chi connectivity index (χ1n) is 8.66. The lowest BCUT2D eigenvalue weighted by atomic mass is 10.2. The van der Waals surface area contributed by atoms with E-state index in [1.54, 1.807) is 13.2 Å².